The number of urea groups is 1. The van der Waals surface area contributed by atoms with Crippen LogP contribution in [0.25, 0.3) is 0 Å². The van der Waals surface area contributed by atoms with Crippen LogP contribution in [0.5, 0.6) is 0 Å². The number of morpholine rings is 1. The predicted molar refractivity (Wildman–Crippen MR) is 148 cm³/mol. The Balaban J connectivity index is 0.000000271. The molecular weight excluding hydrogens is 576 g/mol. The minimum atomic E-state index is -0.0855. The van der Waals surface area contributed by atoms with Gasteiger partial charge in [0.25, 0.3) is 0 Å². The average Bonchev–Trinajstić information content (AvgIpc) is 3.32. The van der Waals surface area contributed by atoms with Crippen LogP contribution in [0.4, 0.5) is 27.9 Å². The third-order valence-corrected chi connectivity index (χ3v) is 6.85. The lowest BCUT2D eigenvalue weighted by Gasteiger charge is -2.28. The standard InChI is InChI=1S/C18H20BrN5O2.C7H8BrN/c1-22(15-4-2-14(19)3-5-15)18(25)24-7-6-13-12-20-17(21-16(13)24)23-8-10-26-11-9-23;1-9-7-4-2-3-6(8)5-7/h2-5,12H,6-11H2,1H3;2-5,9H,1H3. The largest absolute Gasteiger partial charge is 0.388 e. The maximum absolute atomic E-state index is 13.0. The topological polar surface area (TPSA) is 73.8 Å². The van der Waals surface area contributed by atoms with Crippen LogP contribution in [0.3, 0.4) is 0 Å². The van der Waals surface area contributed by atoms with Crippen molar-refractivity contribution in [1.82, 2.24) is 9.97 Å². The van der Waals surface area contributed by atoms with Crippen LogP contribution >= 0.6 is 31.9 Å². The number of anilines is 4. The number of rotatable bonds is 3. The Morgan fingerprint density at radius 1 is 1.06 bits per heavy atom. The van der Waals surface area contributed by atoms with E-state index in [9.17, 15) is 4.79 Å². The van der Waals surface area contributed by atoms with Crippen LogP contribution in [0.15, 0.2) is 63.7 Å². The fraction of sp³-hybridized carbons (Fsp3) is 0.320. The number of hydrogen-bond acceptors (Lipinski definition) is 6. The van der Waals surface area contributed by atoms with Crippen LogP contribution in [-0.2, 0) is 11.2 Å². The molecule has 3 aromatic rings. The maximum atomic E-state index is 13.0. The highest BCUT2D eigenvalue weighted by Gasteiger charge is 2.30. The van der Waals surface area contributed by atoms with Crippen molar-refractivity contribution in [1.29, 1.82) is 0 Å². The summed E-state index contributed by atoms with van der Waals surface area (Å²) in [4.78, 5) is 27.7. The van der Waals surface area contributed by atoms with Gasteiger partial charge in [-0.25, -0.2) is 9.78 Å². The van der Waals surface area contributed by atoms with Gasteiger partial charge in [0.1, 0.15) is 5.82 Å². The first kappa shape index (κ1) is 25.4. The molecule has 3 heterocycles. The number of aromatic nitrogens is 2. The van der Waals surface area contributed by atoms with E-state index in [0.29, 0.717) is 25.7 Å². The number of benzene rings is 2. The van der Waals surface area contributed by atoms with E-state index in [4.69, 9.17) is 9.72 Å². The molecular formula is C25H28Br2N6O2. The van der Waals surface area contributed by atoms with Crippen LogP contribution in [0.2, 0.25) is 0 Å². The van der Waals surface area contributed by atoms with Gasteiger partial charge in [0.05, 0.1) is 13.2 Å². The van der Waals surface area contributed by atoms with Crippen molar-refractivity contribution in [2.45, 2.75) is 6.42 Å². The summed E-state index contributed by atoms with van der Waals surface area (Å²) in [5.74, 6) is 1.38. The molecule has 35 heavy (non-hydrogen) atoms. The molecule has 8 nitrogen and oxygen atoms in total. The van der Waals surface area contributed by atoms with Gasteiger partial charge in [-0.3, -0.25) is 9.80 Å². The molecule has 184 valence electrons. The Morgan fingerprint density at radius 2 is 1.80 bits per heavy atom. The Hall–Kier alpha value is -2.69. The van der Waals surface area contributed by atoms with Crippen LogP contribution < -0.4 is 20.0 Å². The SMILES string of the molecule is CN(C(=O)N1CCc2cnc(N3CCOCC3)nc21)c1ccc(Br)cc1.CNc1cccc(Br)c1. The number of nitrogens with zero attached hydrogens (tertiary/aromatic N) is 5. The fourth-order valence-corrected chi connectivity index (χ4v) is 4.50. The highest BCUT2D eigenvalue weighted by Crippen LogP contribution is 2.29. The predicted octanol–water partition coefficient (Wildman–Crippen LogP) is 5.19. The summed E-state index contributed by atoms with van der Waals surface area (Å²) >= 11 is 6.78. The Labute approximate surface area is 222 Å². The molecule has 0 radical (unpaired) electrons. The van der Waals surface area contributed by atoms with Crippen molar-refractivity contribution in [3.8, 4) is 0 Å². The first-order valence-electron chi connectivity index (χ1n) is 11.4. The number of amides is 2. The quantitative estimate of drug-likeness (QED) is 0.444. The monoisotopic (exact) mass is 602 g/mol. The average molecular weight is 604 g/mol. The molecule has 2 aliphatic heterocycles. The van der Waals surface area contributed by atoms with Crippen LogP contribution in [0.1, 0.15) is 5.56 Å². The number of carbonyl (C=O) groups is 1. The van der Waals surface area contributed by atoms with Crippen LogP contribution in [0, 0.1) is 0 Å². The highest BCUT2D eigenvalue weighted by molar-refractivity contribution is 9.10. The van der Waals surface area contributed by atoms with Crippen LogP contribution in [-0.4, -0.2) is 62.9 Å². The van der Waals surface area contributed by atoms with Crippen molar-refractivity contribution in [3.05, 3.63) is 69.2 Å². The Morgan fingerprint density at radius 3 is 2.46 bits per heavy atom. The van der Waals surface area contributed by atoms with Gasteiger partial charge in [-0.15, -0.1) is 0 Å². The zero-order valence-electron chi connectivity index (χ0n) is 19.7. The lowest BCUT2D eigenvalue weighted by atomic mass is 10.3. The summed E-state index contributed by atoms with van der Waals surface area (Å²) in [7, 11) is 3.69. The summed E-state index contributed by atoms with van der Waals surface area (Å²) in [5, 5.41) is 3.04. The van der Waals surface area contributed by atoms with Gasteiger partial charge in [0.15, 0.2) is 0 Å². The summed E-state index contributed by atoms with van der Waals surface area (Å²) in [6, 6.07) is 15.6. The fourth-order valence-electron chi connectivity index (χ4n) is 3.84. The van der Waals surface area contributed by atoms with E-state index in [1.165, 1.54) is 0 Å². The molecule has 0 unspecified atom stereocenters. The minimum Gasteiger partial charge on any atom is -0.388 e. The van der Waals surface area contributed by atoms with Crippen molar-refractivity contribution < 1.29 is 9.53 Å². The van der Waals surface area contributed by atoms with E-state index in [1.807, 2.05) is 61.8 Å². The second kappa shape index (κ2) is 11.8. The molecule has 1 fully saturated rings. The lowest BCUT2D eigenvalue weighted by molar-refractivity contribution is 0.122. The molecule has 1 saturated heterocycles. The van der Waals surface area contributed by atoms with Gasteiger partial charge in [0, 0.05) is 65.8 Å². The third kappa shape index (κ3) is 6.31. The molecule has 0 atom stereocenters. The molecule has 2 aromatic carbocycles. The van der Waals surface area contributed by atoms with E-state index < -0.39 is 0 Å². The number of ether oxygens (including phenoxy) is 1. The molecule has 5 rings (SSSR count). The number of fused-ring (bicyclic) bond motifs is 1. The maximum Gasteiger partial charge on any atom is 0.329 e. The molecule has 0 bridgehead atoms. The van der Waals surface area contributed by atoms with E-state index in [1.54, 1.807) is 16.8 Å². The summed E-state index contributed by atoms with van der Waals surface area (Å²) in [6.45, 7) is 3.51. The van der Waals surface area contributed by atoms with E-state index in [0.717, 1.165) is 51.2 Å². The zero-order valence-corrected chi connectivity index (χ0v) is 22.9. The molecule has 0 spiro atoms. The number of nitrogens with one attached hydrogen (secondary N) is 1. The second-order valence-electron chi connectivity index (χ2n) is 8.10. The third-order valence-electron chi connectivity index (χ3n) is 5.83. The summed E-state index contributed by atoms with van der Waals surface area (Å²) in [5.41, 5.74) is 2.98. The van der Waals surface area contributed by atoms with E-state index >= 15 is 0 Å². The van der Waals surface area contributed by atoms with Crippen molar-refractivity contribution in [3.63, 3.8) is 0 Å². The normalized spacial score (nSPS) is 14.6. The summed E-state index contributed by atoms with van der Waals surface area (Å²) in [6.07, 6.45) is 2.62. The first-order chi connectivity index (χ1) is 17.0. The van der Waals surface area contributed by atoms with Crippen molar-refractivity contribution in [2.75, 3.05) is 67.0 Å². The molecule has 1 N–H and O–H groups in total. The molecule has 1 aromatic heterocycles. The molecule has 0 saturated carbocycles. The summed E-state index contributed by atoms with van der Waals surface area (Å²) < 4.78 is 7.48. The van der Waals surface area contributed by atoms with Gasteiger partial charge < -0.3 is 15.0 Å². The smallest absolute Gasteiger partial charge is 0.329 e. The highest BCUT2D eigenvalue weighted by atomic mass is 79.9. The van der Waals surface area contributed by atoms with Gasteiger partial charge >= 0.3 is 6.03 Å². The molecule has 2 aliphatic rings. The molecule has 2 amide bonds. The van der Waals surface area contributed by atoms with Gasteiger partial charge in [-0.1, -0.05) is 37.9 Å². The van der Waals surface area contributed by atoms with Gasteiger partial charge in [-0.2, -0.15) is 4.98 Å². The number of carbonyl (C=O) groups excluding carboxylic acids is 1. The molecule has 0 aliphatic carbocycles. The van der Waals surface area contributed by atoms with Crippen molar-refractivity contribution in [2.24, 2.45) is 0 Å². The Bertz CT molecular complexity index is 1150. The number of hydrogen-bond donors (Lipinski definition) is 1. The Kier molecular flexibility index (Phi) is 8.59. The van der Waals surface area contributed by atoms with Crippen molar-refractivity contribution >= 4 is 61.0 Å². The van der Waals surface area contributed by atoms with E-state index in [2.05, 4.69) is 47.1 Å². The van der Waals surface area contributed by atoms with Gasteiger partial charge in [-0.05, 0) is 48.9 Å². The molecule has 10 heteroatoms. The van der Waals surface area contributed by atoms with E-state index in [-0.39, 0.29) is 6.03 Å². The minimum absolute atomic E-state index is 0.0855. The first-order valence-corrected chi connectivity index (χ1v) is 13.0. The zero-order chi connectivity index (χ0) is 24.8. The lowest BCUT2D eigenvalue weighted by Crippen LogP contribution is -2.41. The van der Waals surface area contributed by atoms with Gasteiger partial charge in [0.2, 0.25) is 5.95 Å². The number of halogens is 2. The second-order valence-corrected chi connectivity index (χ2v) is 9.93.